The number of aromatic nitrogens is 1. The molecule has 0 aliphatic heterocycles. The van der Waals surface area contributed by atoms with E-state index in [0.29, 0.717) is 17.1 Å². The number of hydrogen-bond donors (Lipinski definition) is 1. The van der Waals surface area contributed by atoms with Gasteiger partial charge < -0.3 is 5.32 Å². The molecule has 0 saturated carbocycles. The Hall–Kier alpha value is -1.91. The standard InChI is InChI=1S/C17H15ClN2OS/c1-10-5-6-22-16(10)9-19-17(21)14-8-12-7-13(18)3-4-15(12)20-11(14)2/h3-8H,9H2,1-2H3,(H,19,21). The summed E-state index contributed by atoms with van der Waals surface area (Å²) in [7, 11) is 0. The first kappa shape index (κ1) is 15.0. The Labute approximate surface area is 138 Å². The van der Waals surface area contributed by atoms with Crippen molar-refractivity contribution in [2.45, 2.75) is 20.4 Å². The molecule has 0 aliphatic carbocycles. The number of rotatable bonds is 3. The number of carbonyl (C=O) groups is 1. The average Bonchev–Trinajstić information content (AvgIpc) is 2.90. The fraction of sp³-hybridized carbons (Fsp3) is 0.176. The molecule has 0 unspecified atom stereocenters. The zero-order valence-corrected chi connectivity index (χ0v) is 13.9. The lowest BCUT2D eigenvalue weighted by Gasteiger charge is -2.09. The quantitative estimate of drug-likeness (QED) is 0.768. The molecule has 5 heteroatoms. The number of benzene rings is 1. The van der Waals surface area contributed by atoms with Crippen LogP contribution in [0.3, 0.4) is 0 Å². The third-order valence-electron chi connectivity index (χ3n) is 3.59. The summed E-state index contributed by atoms with van der Waals surface area (Å²) in [6.07, 6.45) is 0. The summed E-state index contributed by atoms with van der Waals surface area (Å²) in [6, 6.07) is 9.39. The van der Waals surface area contributed by atoms with Crippen LogP contribution in [0.1, 0.15) is 26.5 Å². The van der Waals surface area contributed by atoms with Crippen LogP contribution < -0.4 is 5.32 Å². The van der Waals surface area contributed by atoms with Crippen molar-refractivity contribution in [3.63, 3.8) is 0 Å². The average molecular weight is 331 g/mol. The molecule has 2 aromatic heterocycles. The Morgan fingerprint density at radius 2 is 2.09 bits per heavy atom. The molecule has 3 rings (SSSR count). The maximum Gasteiger partial charge on any atom is 0.253 e. The number of carbonyl (C=O) groups excluding carboxylic acids is 1. The number of amides is 1. The molecule has 22 heavy (non-hydrogen) atoms. The lowest BCUT2D eigenvalue weighted by atomic mass is 10.1. The number of fused-ring (bicyclic) bond motifs is 1. The maximum absolute atomic E-state index is 12.4. The van der Waals surface area contributed by atoms with E-state index in [4.69, 9.17) is 11.6 Å². The molecule has 112 valence electrons. The zero-order valence-electron chi connectivity index (χ0n) is 12.3. The number of halogens is 1. The molecular formula is C17H15ClN2OS. The van der Waals surface area contributed by atoms with Crippen LogP contribution in [0.5, 0.6) is 0 Å². The van der Waals surface area contributed by atoms with Crippen molar-refractivity contribution in [3.8, 4) is 0 Å². The van der Waals surface area contributed by atoms with Gasteiger partial charge in [0.05, 0.1) is 23.3 Å². The van der Waals surface area contributed by atoms with Crippen LogP contribution in [0.2, 0.25) is 5.02 Å². The molecule has 1 aromatic carbocycles. The van der Waals surface area contributed by atoms with Crippen LogP contribution in [0.4, 0.5) is 0 Å². The van der Waals surface area contributed by atoms with Crippen molar-refractivity contribution < 1.29 is 4.79 Å². The Morgan fingerprint density at radius 1 is 1.27 bits per heavy atom. The van der Waals surface area contributed by atoms with Crippen LogP contribution >= 0.6 is 22.9 Å². The van der Waals surface area contributed by atoms with Gasteiger partial charge in [-0.1, -0.05) is 11.6 Å². The number of pyridine rings is 1. The maximum atomic E-state index is 12.4. The second-order valence-corrected chi connectivity index (χ2v) is 6.60. The van der Waals surface area contributed by atoms with E-state index in [1.54, 1.807) is 17.4 Å². The highest BCUT2D eigenvalue weighted by Gasteiger charge is 2.12. The molecule has 0 bridgehead atoms. The molecule has 1 N–H and O–H groups in total. The van der Waals surface area contributed by atoms with Gasteiger partial charge in [0.2, 0.25) is 0 Å². The summed E-state index contributed by atoms with van der Waals surface area (Å²) in [4.78, 5) is 18.1. The summed E-state index contributed by atoms with van der Waals surface area (Å²) < 4.78 is 0. The SMILES string of the molecule is Cc1ccsc1CNC(=O)c1cc2cc(Cl)ccc2nc1C. The molecule has 2 heterocycles. The Bertz CT molecular complexity index is 857. The van der Waals surface area contributed by atoms with Crippen molar-refractivity contribution >= 4 is 39.7 Å². The van der Waals surface area contributed by atoms with E-state index in [1.165, 1.54) is 10.4 Å². The Balaban J connectivity index is 1.87. The first-order valence-electron chi connectivity index (χ1n) is 6.92. The summed E-state index contributed by atoms with van der Waals surface area (Å²) >= 11 is 7.66. The number of thiophene rings is 1. The summed E-state index contributed by atoms with van der Waals surface area (Å²) in [5.74, 6) is -0.111. The number of aryl methyl sites for hydroxylation is 2. The molecule has 0 saturated heterocycles. The Morgan fingerprint density at radius 3 is 2.82 bits per heavy atom. The first-order valence-corrected chi connectivity index (χ1v) is 8.18. The van der Waals surface area contributed by atoms with E-state index in [-0.39, 0.29) is 5.91 Å². The topological polar surface area (TPSA) is 42.0 Å². The van der Waals surface area contributed by atoms with Crippen molar-refractivity contribution in [3.05, 3.63) is 62.4 Å². The largest absolute Gasteiger partial charge is 0.347 e. The van der Waals surface area contributed by atoms with Crippen LogP contribution in [0.15, 0.2) is 35.7 Å². The van der Waals surface area contributed by atoms with Crippen molar-refractivity contribution in [2.75, 3.05) is 0 Å². The van der Waals surface area contributed by atoms with Gasteiger partial charge in [0.25, 0.3) is 5.91 Å². The summed E-state index contributed by atoms with van der Waals surface area (Å²) in [5.41, 5.74) is 3.34. The van der Waals surface area contributed by atoms with Crippen LogP contribution in [-0.4, -0.2) is 10.9 Å². The smallest absolute Gasteiger partial charge is 0.253 e. The number of nitrogens with zero attached hydrogens (tertiary/aromatic N) is 1. The second-order valence-electron chi connectivity index (χ2n) is 5.17. The Kier molecular flexibility index (Phi) is 4.14. The van der Waals surface area contributed by atoms with Crippen LogP contribution in [0.25, 0.3) is 10.9 Å². The summed E-state index contributed by atoms with van der Waals surface area (Å²) in [5, 5.41) is 6.50. The molecule has 0 radical (unpaired) electrons. The van der Waals surface area contributed by atoms with E-state index >= 15 is 0 Å². The third-order valence-corrected chi connectivity index (χ3v) is 4.85. The van der Waals surface area contributed by atoms with E-state index in [2.05, 4.69) is 16.4 Å². The van der Waals surface area contributed by atoms with Gasteiger partial charge in [0.1, 0.15) is 0 Å². The monoisotopic (exact) mass is 330 g/mol. The van der Waals surface area contributed by atoms with Crippen LogP contribution in [0, 0.1) is 13.8 Å². The van der Waals surface area contributed by atoms with Crippen molar-refractivity contribution in [2.24, 2.45) is 0 Å². The minimum atomic E-state index is -0.111. The zero-order chi connectivity index (χ0) is 15.7. The third kappa shape index (κ3) is 2.98. The van der Waals surface area contributed by atoms with Gasteiger partial charge in [-0.25, -0.2) is 0 Å². The van der Waals surface area contributed by atoms with Gasteiger partial charge in [-0.15, -0.1) is 11.3 Å². The van der Waals surface area contributed by atoms with E-state index in [1.807, 2.05) is 37.4 Å². The minimum Gasteiger partial charge on any atom is -0.347 e. The van der Waals surface area contributed by atoms with Gasteiger partial charge >= 0.3 is 0 Å². The lowest BCUT2D eigenvalue weighted by Crippen LogP contribution is -2.23. The van der Waals surface area contributed by atoms with Gasteiger partial charge in [0.15, 0.2) is 0 Å². The van der Waals surface area contributed by atoms with Gasteiger partial charge in [-0.3, -0.25) is 9.78 Å². The van der Waals surface area contributed by atoms with Gasteiger partial charge in [-0.05, 0) is 55.1 Å². The highest BCUT2D eigenvalue weighted by molar-refractivity contribution is 7.10. The molecule has 0 fully saturated rings. The summed E-state index contributed by atoms with van der Waals surface area (Å²) in [6.45, 7) is 4.43. The molecule has 1 amide bonds. The lowest BCUT2D eigenvalue weighted by molar-refractivity contribution is 0.0950. The van der Waals surface area contributed by atoms with E-state index in [9.17, 15) is 4.79 Å². The number of hydrogen-bond acceptors (Lipinski definition) is 3. The van der Waals surface area contributed by atoms with E-state index < -0.39 is 0 Å². The normalized spacial score (nSPS) is 10.9. The minimum absolute atomic E-state index is 0.111. The molecule has 3 aromatic rings. The van der Waals surface area contributed by atoms with E-state index in [0.717, 1.165) is 16.6 Å². The van der Waals surface area contributed by atoms with Crippen molar-refractivity contribution in [1.82, 2.24) is 10.3 Å². The molecule has 0 aliphatic rings. The molecule has 0 spiro atoms. The van der Waals surface area contributed by atoms with Gasteiger partial charge in [0, 0.05) is 15.3 Å². The second kappa shape index (κ2) is 6.07. The first-order chi connectivity index (χ1) is 10.5. The predicted molar refractivity (Wildman–Crippen MR) is 91.7 cm³/mol. The van der Waals surface area contributed by atoms with Gasteiger partial charge in [-0.2, -0.15) is 0 Å². The fourth-order valence-electron chi connectivity index (χ4n) is 2.31. The highest BCUT2D eigenvalue weighted by atomic mass is 35.5. The predicted octanol–water partition coefficient (Wildman–Crippen LogP) is 4.50. The molecular weight excluding hydrogens is 316 g/mol. The fourth-order valence-corrected chi connectivity index (χ4v) is 3.34. The van der Waals surface area contributed by atoms with Crippen LogP contribution in [-0.2, 0) is 6.54 Å². The van der Waals surface area contributed by atoms with Crippen molar-refractivity contribution in [1.29, 1.82) is 0 Å². The molecule has 3 nitrogen and oxygen atoms in total. The highest BCUT2D eigenvalue weighted by Crippen LogP contribution is 2.21. The number of nitrogens with one attached hydrogen (secondary N) is 1. The molecule has 0 atom stereocenters.